The fourth-order valence-electron chi connectivity index (χ4n) is 2.71. The molecule has 1 rings (SSSR count). The first-order valence-electron chi connectivity index (χ1n) is 8.77. The summed E-state index contributed by atoms with van der Waals surface area (Å²) in [6.07, 6.45) is 0. The summed E-state index contributed by atoms with van der Waals surface area (Å²) < 4.78 is 0. The van der Waals surface area contributed by atoms with Crippen molar-refractivity contribution in [3.8, 4) is 0 Å². The molecule has 5 nitrogen and oxygen atoms in total. The number of hydrogen-bond donors (Lipinski definition) is 3. The standard InChI is InChI=1S/C17H37N5.HI/c1-8-18-16(19-9-10-20-17(5,6)7)21-15-12-22(13(2)3)11-14(15)4;/h13-15,20H,8-12H2,1-7H3,(H2,18,19,21);1H. The molecular weight excluding hydrogens is 401 g/mol. The van der Waals surface area contributed by atoms with E-state index in [4.69, 9.17) is 4.99 Å². The van der Waals surface area contributed by atoms with E-state index in [1.807, 2.05) is 0 Å². The van der Waals surface area contributed by atoms with Crippen molar-refractivity contribution in [1.29, 1.82) is 0 Å². The highest BCUT2D eigenvalue weighted by atomic mass is 127. The summed E-state index contributed by atoms with van der Waals surface area (Å²) in [5.41, 5.74) is 0.152. The number of hydrogen-bond acceptors (Lipinski definition) is 3. The van der Waals surface area contributed by atoms with Gasteiger partial charge in [-0.1, -0.05) is 6.92 Å². The first-order chi connectivity index (χ1) is 10.2. The number of guanidine groups is 1. The minimum atomic E-state index is 0. The SMILES string of the molecule is CCNC(=NCCNC(C)(C)C)NC1CN(C(C)C)CC1C.I. The van der Waals surface area contributed by atoms with Crippen molar-refractivity contribution >= 4 is 29.9 Å². The Morgan fingerprint density at radius 2 is 1.91 bits per heavy atom. The van der Waals surface area contributed by atoms with Crippen molar-refractivity contribution in [3.05, 3.63) is 0 Å². The number of nitrogens with zero attached hydrogens (tertiary/aromatic N) is 2. The van der Waals surface area contributed by atoms with E-state index in [1.165, 1.54) is 6.54 Å². The third-order valence-corrected chi connectivity index (χ3v) is 4.07. The first-order valence-corrected chi connectivity index (χ1v) is 8.77. The third-order valence-electron chi connectivity index (χ3n) is 4.07. The van der Waals surface area contributed by atoms with Crippen molar-refractivity contribution in [2.75, 3.05) is 32.7 Å². The van der Waals surface area contributed by atoms with Gasteiger partial charge in [-0.25, -0.2) is 0 Å². The average molecular weight is 439 g/mol. The molecule has 0 radical (unpaired) electrons. The van der Waals surface area contributed by atoms with Gasteiger partial charge in [0.15, 0.2) is 5.96 Å². The zero-order valence-corrected chi connectivity index (χ0v) is 18.4. The molecule has 3 N–H and O–H groups in total. The zero-order chi connectivity index (χ0) is 16.8. The number of likely N-dealkylation sites (tertiary alicyclic amines) is 1. The second kappa shape index (κ2) is 10.7. The monoisotopic (exact) mass is 439 g/mol. The molecule has 1 fully saturated rings. The van der Waals surface area contributed by atoms with E-state index in [-0.39, 0.29) is 29.5 Å². The van der Waals surface area contributed by atoms with Crippen molar-refractivity contribution in [2.45, 2.75) is 66.1 Å². The number of nitrogens with one attached hydrogen (secondary N) is 3. The van der Waals surface area contributed by atoms with Gasteiger partial charge in [-0.3, -0.25) is 9.89 Å². The Morgan fingerprint density at radius 1 is 1.26 bits per heavy atom. The molecule has 23 heavy (non-hydrogen) atoms. The molecule has 0 aromatic carbocycles. The summed E-state index contributed by atoms with van der Waals surface area (Å²) in [5.74, 6) is 1.60. The van der Waals surface area contributed by atoms with Gasteiger partial charge in [0.05, 0.1) is 6.54 Å². The molecule has 0 amide bonds. The van der Waals surface area contributed by atoms with Crippen LogP contribution >= 0.6 is 24.0 Å². The van der Waals surface area contributed by atoms with Crippen LogP contribution in [0.3, 0.4) is 0 Å². The van der Waals surface area contributed by atoms with Crippen LogP contribution in [0, 0.1) is 5.92 Å². The fraction of sp³-hybridized carbons (Fsp3) is 0.941. The van der Waals surface area contributed by atoms with E-state index in [0.29, 0.717) is 18.0 Å². The van der Waals surface area contributed by atoms with Gasteiger partial charge < -0.3 is 16.0 Å². The van der Waals surface area contributed by atoms with E-state index in [1.54, 1.807) is 0 Å². The molecule has 0 spiro atoms. The molecular formula is C17H38IN5. The maximum absolute atomic E-state index is 4.70. The quantitative estimate of drug-likeness (QED) is 0.257. The van der Waals surface area contributed by atoms with Gasteiger partial charge in [0.25, 0.3) is 0 Å². The summed E-state index contributed by atoms with van der Waals surface area (Å²) in [4.78, 5) is 7.23. The predicted molar refractivity (Wildman–Crippen MR) is 112 cm³/mol. The minimum Gasteiger partial charge on any atom is -0.357 e. The highest BCUT2D eigenvalue weighted by Crippen LogP contribution is 2.18. The molecule has 1 heterocycles. The zero-order valence-electron chi connectivity index (χ0n) is 16.1. The van der Waals surface area contributed by atoms with Crippen molar-refractivity contribution in [3.63, 3.8) is 0 Å². The average Bonchev–Trinajstić information content (AvgIpc) is 2.75. The second-order valence-corrected chi connectivity index (χ2v) is 7.71. The van der Waals surface area contributed by atoms with Crippen LogP contribution in [0.1, 0.15) is 48.5 Å². The van der Waals surface area contributed by atoms with Crippen molar-refractivity contribution < 1.29 is 0 Å². The summed E-state index contributed by atoms with van der Waals surface area (Å²) in [6, 6.07) is 1.10. The molecule has 0 aromatic heterocycles. The largest absolute Gasteiger partial charge is 0.357 e. The van der Waals surface area contributed by atoms with Gasteiger partial charge in [0.1, 0.15) is 0 Å². The van der Waals surface area contributed by atoms with Crippen LogP contribution in [0.25, 0.3) is 0 Å². The highest BCUT2D eigenvalue weighted by Gasteiger charge is 2.31. The molecule has 138 valence electrons. The predicted octanol–water partition coefficient (Wildman–Crippen LogP) is 2.28. The Kier molecular flexibility index (Phi) is 10.7. The smallest absolute Gasteiger partial charge is 0.191 e. The molecule has 6 heteroatoms. The lowest BCUT2D eigenvalue weighted by atomic mass is 10.1. The summed E-state index contributed by atoms with van der Waals surface area (Å²) in [7, 11) is 0. The molecule has 1 aliphatic rings. The third kappa shape index (κ3) is 9.10. The molecule has 0 aromatic rings. The molecule has 0 saturated carbocycles. The van der Waals surface area contributed by atoms with E-state index >= 15 is 0 Å². The van der Waals surface area contributed by atoms with Gasteiger partial charge in [-0.05, 0) is 47.5 Å². The molecule has 0 bridgehead atoms. The van der Waals surface area contributed by atoms with Crippen LogP contribution < -0.4 is 16.0 Å². The number of aliphatic imine (C=N–C) groups is 1. The Morgan fingerprint density at radius 3 is 2.39 bits per heavy atom. The highest BCUT2D eigenvalue weighted by molar-refractivity contribution is 14.0. The molecule has 2 unspecified atom stereocenters. The van der Waals surface area contributed by atoms with Crippen molar-refractivity contribution in [2.24, 2.45) is 10.9 Å². The van der Waals surface area contributed by atoms with Crippen LogP contribution in [0.4, 0.5) is 0 Å². The minimum absolute atomic E-state index is 0. The lowest BCUT2D eigenvalue weighted by Crippen LogP contribution is -2.47. The van der Waals surface area contributed by atoms with Crippen LogP contribution in [0.5, 0.6) is 0 Å². The van der Waals surface area contributed by atoms with Gasteiger partial charge in [-0.15, -0.1) is 24.0 Å². The van der Waals surface area contributed by atoms with Crippen LogP contribution in [-0.4, -0.2) is 61.2 Å². The number of rotatable bonds is 6. The normalized spacial score (nSPS) is 23.0. The molecule has 2 atom stereocenters. The van der Waals surface area contributed by atoms with Crippen molar-refractivity contribution in [1.82, 2.24) is 20.9 Å². The lowest BCUT2D eigenvalue weighted by molar-refractivity contribution is 0.265. The van der Waals surface area contributed by atoms with Crippen LogP contribution in [0.15, 0.2) is 4.99 Å². The molecule has 1 aliphatic heterocycles. The molecule has 0 aliphatic carbocycles. The summed E-state index contributed by atoms with van der Waals surface area (Å²) >= 11 is 0. The van der Waals surface area contributed by atoms with Gasteiger partial charge in [-0.2, -0.15) is 0 Å². The Balaban J connectivity index is 0.00000484. The van der Waals surface area contributed by atoms with Crippen LogP contribution in [-0.2, 0) is 0 Å². The Hall–Kier alpha value is -0.0800. The van der Waals surface area contributed by atoms with Crippen LogP contribution in [0.2, 0.25) is 0 Å². The summed E-state index contributed by atoms with van der Waals surface area (Å²) in [6.45, 7) is 20.4. The molecule has 1 saturated heterocycles. The second-order valence-electron chi connectivity index (χ2n) is 7.71. The maximum Gasteiger partial charge on any atom is 0.191 e. The van der Waals surface area contributed by atoms with Gasteiger partial charge >= 0.3 is 0 Å². The fourth-order valence-corrected chi connectivity index (χ4v) is 2.71. The van der Waals surface area contributed by atoms with E-state index in [9.17, 15) is 0 Å². The topological polar surface area (TPSA) is 51.7 Å². The van der Waals surface area contributed by atoms with Gasteiger partial charge in [0.2, 0.25) is 0 Å². The van der Waals surface area contributed by atoms with Gasteiger partial charge in [0, 0.05) is 43.8 Å². The summed E-state index contributed by atoms with van der Waals surface area (Å²) in [5, 5.41) is 10.5. The Labute approximate surface area is 160 Å². The maximum atomic E-state index is 4.70. The van der Waals surface area contributed by atoms with E-state index in [2.05, 4.69) is 69.3 Å². The number of halogens is 1. The lowest BCUT2D eigenvalue weighted by Gasteiger charge is -2.22. The first kappa shape index (κ1) is 22.9. The van der Waals surface area contributed by atoms with E-state index < -0.39 is 0 Å². The Bertz CT molecular complexity index is 351. The van der Waals surface area contributed by atoms with E-state index in [0.717, 1.165) is 32.1 Å².